The van der Waals surface area contributed by atoms with Crippen LogP contribution < -0.4 is 21.5 Å². The second-order valence-corrected chi connectivity index (χ2v) is 12.7. The molecule has 4 rings (SSSR count). The van der Waals surface area contributed by atoms with Gasteiger partial charge in [-0.15, -0.1) is 11.3 Å². The Morgan fingerprint density at radius 2 is 1.83 bits per heavy atom. The molecule has 0 aliphatic rings. The van der Waals surface area contributed by atoms with E-state index < -0.39 is 12.0 Å². The van der Waals surface area contributed by atoms with E-state index >= 15 is 0 Å². The highest BCUT2D eigenvalue weighted by Gasteiger charge is 2.25. The second kappa shape index (κ2) is 16.8. The molecule has 0 spiro atoms. The first-order valence-corrected chi connectivity index (χ1v) is 16.7. The van der Waals surface area contributed by atoms with Crippen LogP contribution in [0.1, 0.15) is 31.5 Å². The Balaban J connectivity index is 1.43. The van der Waals surface area contributed by atoms with Gasteiger partial charge in [-0.3, -0.25) is 4.79 Å². The van der Waals surface area contributed by atoms with Gasteiger partial charge in [-0.05, 0) is 35.7 Å². The van der Waals surface area contributed by atoms with Crippen molar-refractivity contribution in [1.29, 1.82) is 5.26 Å². The zero-order valence-corrected chi connectivity index (χ0v) is 28.0. The number of thiazole rings is 1. The predicted molar refractivity (Wildman–Crippen MR) is 184 cm³/mol. The molecule has 0 saturated heterocycles. The zero-order valence-electron chi connectivity index (χ0n) is 25.7. The van der Waals surface area contributed by atoms with Crippen LogP contribution in [0.15, 0.2) is 58.9 Å². The molecule has 1 atom stereocenters. The van der Waals surface area contributed by atoms with Gasteiger partial charge in [0.05, 0.1) is 17.8 Å². The Hall–Kier alpha value is -4.66. The van der Waals surface area contributed by atoms with E-state index in [0.717, 1.165) is 16.3 Å². The van der Waals surface area contributed by atoms with Crippen LogP contribution in [0, 0.1) is 23.8 Å². The smallest absolute Gasteiger partial charge is 0.329 e. The summed E-state index contributed by atoms with van der Waals surface area (Å²) in [7, 11) is 0. The third kappa shape index (κ3) is 9.21. The summed E-state index contributed by atoms with van der Waals surface area (Å²) < 4.78 is 11.1. The molecule has 0 unspecified atom stereocenters. The van der Waals surface area contributed by atoms with Gasteiger partial charge in [0.2, 0.25) is 11.6 Å². The molecule has 0 bridgehead atoms. The minimum Gasteiger partial charge on any atom is -0.490 e. The molecule has 0 radical (unpaired) electrons. The van der Waals surface area contributed by atoms with Crippen LogP contribution in [0.3, 0.4) is 0 Å². The largest absolute Gasteiger partial charge is 0.490 e. The Labute approximate surface area is 286 Å². The fraction of sp³-hybridized carbons (Fsp3) is 0.273. The molecule has 2 aromatic carbocycles. The predicted octanol–water partition coefficient (Wildman–Crippen LogP) is 6.23. The number of carbonyl (C=O) groups excluding carboxylic acids is 2. The van der Waals surface area contributed by atoms with E-state index in [4.69, 9.17) is 44.1 Å². The number of anilines is 1. The van der Waals surface area contributed by atoms with E-state index in [1.54, 1.807) is 24.3 Å². The number of nitrogens with two attached hydrogens (primary N) is 2. The summed E-state index contributed by atoms with van der Waals surface area (Å²) in [5.74, 6) is -0.0836. The molecule has 242 valence electrons. The monoisotopic (exact) mass is 689 g/mol. The number of amides is 1. The van der Waals surface area contributed by atoms with Crippen molar-refractivity contribution in [2.24, 2.45) is 11.7 Å². The number of rotatable bonds is 14. The summed E-state index contributed by atoms with van der Waals surface area (Å²) in [5.41, 5.74) is 14.7. The first kappa shape index (κ1) is 35.2. The number of nitriles is 1. The number of nitrogens with one attached hydrogen (secondary N) is 1. The quantitative estimate of drug-likeness (QED) is 0.0596. The Morgan fingerprint density at radius 1 is 1.13 bits per heavy atom. The van der Waals surface area contributed by atoms with Crippen molar-refractivity contribution in [2.45, 2.75) is 37.1 Å². The molecule has 2 aromatic heterocycles. The SMILES string of the molecule is [C-]#[N+]c1c(N)nc(SCc2csc(-c3ccc(Cl)cc3)n2)c(C#N)c1-c1ccc(OCCOC(=O)[C@@H](NC(=O)CCN)C(C)C)cc1. The van der Waals surface area contributed by atoms with Crippen LogP contribution in [-0.4, -0.2) is 47.6 Å². The normalized spacial score (nSPS) is 11.4. The van der Waals surface area contributed by atoms with Gasteiger partial charge < -0.3 is 26.3 Å². The van der Waals surface area contributed by atoms with E-state index in [-0.39, 0.29) is 55.1 Å². The van der Waals surface area contributed by atoms with E-state index in [0.29, 0.717) is 32.7 Å². The first-order chi connectivity index (χ1) is 22.6. The van der Waals surface area contributed by atoms with Gasteiger partial charge in [0.15, 0.2) is 0 Å². The molecule has 0 fully saturated rings. The molecule has 0 aliphatic carbocycles. The summed E-state index contributed by atoms with van der Waals surface area (Å²) in [4.78, 5) is 37.1. The van der Waals surface area contributed by atoms with Crippen molar-refractivity contribution >= 4 is 58.1 Å². The molecule has 2 heterocycles. The number of nitrogen functional groups attached to an aromatic ring is 1. The molecule has 14 heteroatoms. The van der Waals surface area contributed by atoms with Crippen LogP contribution in [0.25, 0.3) is 26.5 Å². The minimum atomic E-state index is -0.788. The number of aromatic nitrogens is 2. The van der Waals surface area contributed by atoms with Crippen molar-refractivity contribution in [3.05, 3.63) is 81.6 Å². The molecule has 47 heavy (non-hydrogen) atoms. The van der Waals surface area contributed by atoms with Gasteiger partial charge in [-0.2, -0.15) is 5.26 Å². The summed E-state index contributed by atoms with van der Waals surface area (Å²) >= 11 is 8.83. The highest BCUT2D eigenvalue weighted by molar-refractivity contribution is 7.98. The van der Waals surface area contributed by atoms with Gasteiger partial charge in [-0.25, -0.2) is 19.6 Å². The maximum Gasteiger partial charge on any atom is 0.329 e. The van der Waals surface area contributed by atoms with Crippen LogP contribution >= 0.6 is 34.7 Å². The van der Waals surface area contributed by atoms with E-state index in [1.165, 1.54) is 23.1 Å². The molecule has 11 nitrogen and oxygen atoms in total. The van der Waals surface area contributed by atoms with E-state index in [2.05, 4.69) is 21.2 Å². The fourth-order valence-corrected chi connectivity index (χ4v) is 6.34. The number of nitrogens with zero attached hydrogens (tertiary/aromatic N) is 4. The maximum atomic E-state index is 12.5. The minimum absolute atomic E-state index is 0.0256. The van der Waals surface area contributed by atoms with E-state index in [9.17, 15) is 14.9 Å². The van der Waals surface area contributed by atoms with Crippen molar-refractivity contribution in [1.82, 2.24) is 15.3 Å². The fourth-order valence-electron chi connectivity index (χ4n) is 4.40. The van der Waals surface area contributed by atoms with Crippen molar-refractivity contribution in [3.63, 3.8) is 0 Å². The lowest BCUT2D eigenvalue weighted by Crippen LogP contribution is -2.46. The lowest BCUT2D eigenvalue weighted by molar-refractivity contribution is -0.149. The summed E-state index contributed by atoms with van der Waals surface area (Å²) in [6.07, 6.45) is 0.119. The molecule has 1 amide bonds. The topological polar surface area (TPSA) is 171 Å². The van der Waals surface area contributed by atoms with Crippen molar-refractivity contribution in [3.8, 4) is 33.5 Å². The standard InChI is InChI=1S/C33H32ClN7O4S2/c1-19(2)28(40-26(42)12-13-35)33(43)45-15-14-44-24-10-6-20(7-11-24)27-25(16-36)32(41-30(37)29(27)38-3)47-18-23-17-46-31(39-23)21-4-8-22(34)9-5-21/h4-11,17,19,28H,12-15,18,35H2,1-2H3,(H2,37,41)(H,40,42)/t28-/m0/s1. The lowest BCUT2D eigenvalue weighted by atomic mass is 10.00. The number of ether oxygens (including phenoxy) is 2. The highest BCUT2D eigenvalue weighted by atomic mass is 35.5. The van der Waals surface area contributed by atoms with Crippen molar-refractivity contribution in [2.75, 3.05) is 25.5 Å². The van der Waals surface area contributed by atoms with Crippen LogP contribution in [0.2, 0.25) is 5.02 Å². The van der Waals surface area contributed by atoms with Gasteiger partial charge in [0.25, 0.3) is 0 Å². The average Bonchev–Trinajstić information content (AvgIpc) is 3.54. The lowest BCUT2D eigenvalue weighted by Gasteiger charge is -2.20. The molecular formula is C33H32ClN7O4S2. The molecular weight excluding hydrogens is 658 g/mol. The number of pyridine rings is 1. The zero-order chi connectivity index (χ0) is 33.9. The van der Waals surface area contributed by atoms with Gasteiger partial charge in [0, 0.05) is 40.2 Å². The number of thioether (sulfide) groups is 1. The Kier molecular flexibility index (Phi) is 12.6. The van der Waals surface area contributed by atoms with Gasteiger partial charge >= 0.3 is 5.97 Å². The van der Waals surface area contributed by atoms with Crippen LogP contribution in [0.5, 0.6) is 5.75 Å². The molecule has 0 saturated carbocycles. The number of hydrogen-bond acceptors (Lipinski definition) is 11. The summed E-state index contributed by atoms with van der Waals surface area (Å²) in [6, 6.07) is 15.7. The maximum absolute atomic E-state index is 12.5. The van der Waals surface area contributed by atoms with Crippen LogP contribution in [0.4, 0.5) is 11.5 Å². The second-order valence-electron chi connectivity index (χ2n) is 10.4. The van der Waals surface area contributed by atoms with Crippen LogP contribution in [-0.2, 0) is 20.1 Å². The third-order valence-electron chi connectivity index (χ3n) is 6.74. The summed E-state index contributed by atoms with van der Waals surface area (Å²) in [6.45, 7) is 11.6. The molecule has 0 aliphatic heterocycles. The summed E-state index contributed by atoms with van der Waals surface area (Å²) in [5, 5.41) is 16.7. The number of benzene rings is 2. The van der Waals surface area contributed by atoms with E-state index in [1.807, 2.05) is 43.5 Å². The number of esters is 1. The van der Waals surface area contributed by atoms with Gasteiger partial charge in [0.1, 0.15) is 46.9 Å². The molecule has 5 N–H and O–H groups in total. The van der Waals surface area contributed by atoms with Crippen molar-refractivity contribution < 1.29 is 19.1 Å². The Morgan fingerprint density at radius 3 is 2.47 bits per heavy atom. The Bertz CT molecular complexity index is 1800. The highest BCUT2D eigenvalue weighted by Crippen LogP contribution is 2.42. The average molecular weight is 690 g/mol. The number of hydrogen-bond donors (Lipinski definition) is 3. The third-order valence-corrected chi connectivity index (χ3v) is 8.94. The van der Waals surface area contributed by atoms with Gasteiger partial charge in [-0.1, -0.05) is 61.5 Å². The molecule has 4 aromatic rings. The first-order valence-electron chi connectivity index (χ1n) is 14.5. The number of carbonyl (C=O) groups is 2. The number of halogens is 1.